The number of anilines is 1. The predicted octanol–water partition coefficient (Wildman–Crippen LogP) is 6.28. The van der Waals surface area contributed by atoms with Crippen molar-refractivity contribution in [1.29, 1.82) is 0 Å². The minimum Gasteiger partial charge on any atom is -0.494 e. The van der Waals surface area contributed by atoms with Crippen LogP contribution >= 0.6 is 0 Å². The van der Waals surface area contributed by atoms with Gasteiger partial charge >= 0.3 is 0 Å². The van der Waals surface area contributed by atoms with E-state index in [1.54, 1.807) is 12.1 Å². The summed E-state index contributed by atoms with van der Waals surface area (Å²) in [6, 6.07) is 26.7. The minimum atomic E-state index is -4.33. The zero-order chi connectivity index (χ0) is 34.0. The van der Waals surface area contributed by atoms with Crippen LogP contribution in [0.2, 0.25) is 0 Å². The van der Waals surface area contributed by atoms with Gasteiger partial charge in [-0.15, -0.1) is 0 Å². The van der Waals surface area contributed by atoms with Crippen molar-refractivity contribution < 1.29 is 27.1 Å². The number of hydrogen-bond acceptors (Lipinski definition) is 5. The molecular weight excluding hydrogens is 617 g/mol. The second kappa shape index (κ2) is 16.2. The van der Waals surface area contributed by atoms with E-state index < -0.39 is 34.3 Å². The Kier molecular flexibility index (Phi) is 12.1. The van der Waals surface area contributed by atoms with Crippen LogP contribution in [0, 0.1) is 12.7 Å². The van der Waals surface area contributed by atoms with Crippen LogP contribution < -0.4 is 14.4 Å². The molecule has 0 aromatic heterocycles. The number of carbonyl (C=O) groups excluding carboxylic acids is 2. The molecule has 0 aliphatic rings. The van der Waals surface area contributed by atoms with Crippen molar-refractivity contribution in [1.82, 2.24) is 10.2 Å². The lowest BCUT2D eigenvalue weighted by Crippen LogP contribution is -2.54. The summed E-state index contributed by atoms with van der Waals surface area (Å²) in [7, 11) is -4.33. The number of halogens is 1. The van der Waals surface area contributed by atoms with E-state index in [4.69, 9.17) is 4.74 Å². The maximum atomic E-state index is 14.5. The van der Waals surface area contributed by atoms with E-state index in [0.717, 1.165) is 33.1 Å². The monoisotopic (exact) mass is 659 g/mol. The molecule has 0 unspecified atom stereocenters. The molecule has 4 rings (SSSR count). The van der Waals surface area contributed by atoms with Gasteiger partial charge in [-0.3, -0.25) is 13.9 Å². The number of ether oxygens (including phenoxy) is 1. The quantitative estimate of drug-likeness (QED) is 0.162. The van der Waals surface area contributed by atoms with Gasteiger partial charge in [0, 0.05) is 19.0 Å². The van der Waals surface area contributed by atoms with Crippen LogP contribution in [0.15, 0.2) is 108 Å². The third kappa shape index (κ3) is 9.42. The number of nitrogens with zero attached hydrogens (tertiary/aromatic N) is 2. The van der Waals surface area contributed by atoms with Gasteiger partial charge in [-0.25, -0.2) is 12.8 Å². The number of carbonyl (C=O) groups is 2. The maximum absolute atomic E-state index is 14.5. The molecule has 0 radical (unpaired) electrons. The van der Waals surface area contributed by atoms with Gasteiger partial charge in [0.15, 0.2) is 0 Å². The first-order valence-electron chi connectivity index (χ1n) is 15.7. The lowest BCUT2D eigenvalue weighted by atomic mass is 10.0. The van der Waals surface area contributed by atoms with Crippen LogP contribution in [0.1, 0.15) is 43.9 Å². The molecule has 8 nitrogen and oxygen atoms in total. The van der Waals surface area contributed by atoms with Gasteiger partial charge in [0.1, 0.15) is 24.2 Å². The molecule has 47 heavy (non-hydrogen) atoms. The van der Waals surface area contributed by atoms with Crippen molar-refractivity contribution in [2.24, 2.45) is 0 Å². The molecule has 4 aromatic carbocycles. The molecule has 0 spiro atoms. The van der Waals surface area contributed by atoms with E-state index >= 15 is 0 Å². The highest BCUT2D eigenvalue weighted by molar-refractivity contribution is 7.92. The normalized spacial score (nSPS) is 12.5. The van der Waals surface area contributed by atoms with Gasteiger partial charge in [-0.05, 0) is 86.8 Å². The van der Waals surface area contributed by atoms with E-state index in [1.807, 2.05) is 82.3 Å². The Balaban J connectivity index is 1.80. The highest BCUT2D eigenvalue weighted by Gasteiger charge is 2.35. The Morgan fingerprint density at radius 1 is 0.872 bits per heavy atom. The third-order valence-electron chi connectivity index (χ3n) is 7.82. The molecule has 248 valence electrons. The molecule has 0 aliphatic heterocycles. The first-order valence-corrected chi connectivity index (χ1v) is 17.2. The second-order valence-corrected chi connectivity index (χ2v) is 13.3. The van der Waals surface area contributed by atoms with E-state index in [2.05, 4.69) is 5.32 Å². The molecular formula is C37H42FN3O5S. The minimum absolute atomic E-state index is 0.0618. The summed E-state index contributed by atoms with van der Waals surface area (Å²) in [4.78, 5) is 29.8. The summed E-state index contributed by atoms with van der Waals surface area (Å²) in [5.74, 6) is -0.988. The fourth-order valence-corrected chi connectivity index (χ4v) is 6.55. The standard InChI is InChI=1S/C37H42FN3O5S/c1-5-28(4)39-37(43)35(24-29-12-8-7-9-13-29)40(25-30-14-10-11-27(3)23-30)36(42)26-41(32-17-15-31(38)16-18-32)47(44,45)34-21-19-33(20-22-34)46-6-2/h7-23,28,35H,5-6,24-26H2,1-4H3,(H,39,43)/t28-,35+/m1/s1. The molecule has 4 aromatic rings. The van der Waals surface area contributed by atoms with Crippen molar-refractivity contribution >= 4 is 27.5 Å². The molecule has 0 saturated heterocycles. The number of hydrogen-bond donors (Lipinski definition) is 1. The number of sulfonamides is 1. The van der Waals surface area contributed by atoms with Crippen LogP contribution in [0.4, 0.5) is 10.1 Å². The SMILES string of the molecule is CCOc1ccc(S(=O)(=O)N(CC(=O)N(Cc2cccc(C)c2)[C@@H](Cc2ccccc2)C(=O)N[C@H](C)CC)c2ccc(F)cc2)cc1. The van der Waals surface area contributed by atoms with Crippen molar-refractivity contribution in [2.75, 3.05) is 17.5 Å². The van der Waals surface area contributed by atoms with E-state index in [9.17, 15) is 22.4 Å². The Morgan fingerprint density at radius 2 is 1.53 bits per heavy atom. The molecule has 1 N–H and O–H groups in total. The Morgan fingerprint density at radius 3 is 2.15 bits per heavy atom. The molecule has 2 amide bonds. The lowest BCUT2D eigenvalue weighted by Gasteiger charge is -2.34. The molecule has 0 heterocycles. The number of rotatable bonds is 15. The third-order valence-corrected chi connectivity index (χ3v) is 9.61. The van der Waals surface area contributed by atoms with Gasteiger partial charge < -0.3 is 15.0 Å². The Labute approximate surface area is 277 Å². The highest BCUT2D eigenvalue weighted by Crippen LogP contribution is 2.27. The summed E-state index contributed by atoms with van der Waals surface area (Å²) in [6.07, 6.45) is 0.900. The number of nitrogens with one attached hydrogen (secondary N) is 1. The molecule has 10 heteroatoms. The molecule has 2 atom stereocenters. The number of benzene rings is 4. The Bertz CT molecular complexity index is 1730. The Hall–Kier alpha value is -4.70. The lowest BCUT2D eigenvalue weighted by molar-refractivity contribution is -0.140. The largest absolute Gasteiger partial charge is 0.494 e. The predicted molar refractivity (Wildman–Crippen MR) is 182 cm³/mol. The summed E-state index contributed by atoms with van der Waals surface area (Å²) in [6.45, 7) is 7.45. The van der Waals surface area contributed by atoms with E-state index in [-0.39, 0.29) is 35.5 Å². The van der Waals surface area contributed by atoms with E-state index in [0.29, 0.717) is 18.8 Å². The fourth-order valence-electron chi connectivity index (χ4n) is 5.14. The molecule has 0 bridgehead atoms. The van der Waals surface area contributed by atoms with Crippen LogP contribution in [0.5, 0.6) is 5.75 Å². The zero-order valence-corrected chi connectivity index (χ0v) is 28.0. The topological polar surface area (TPSA) is 96.0 Å². The highest BCUT2D eigenvalue weighted by atomic mass is 32.2. The molecule has 0 aliphatic carbocycles. The van der Waals surface area contributed by atoms with Gasteiger partial charge in [0.25, 0.3) is 10.0 Å². The van der Waals surface area contributed by atoms with Crippen molar-refractivity contribution in [3.8, 4) is 5.75 Å². The van der Waals surface area contributed by atoms with Crippen molar-refractivity contribution in [3.05, 3.63) is 126 Å². The van der Waals surface area contributed by atoms with Crippen LogP contribution in [-0.4, -0.2) is 50.4 Å². The van der Waals surface area contributed by atoms with Crippen LogP contribution in [0.3, 0.4) is 0 Å². The van der Waals surface area contributed by atoms with Crippen LogP contribution in [0.25, 0.3) is 0 Å². The van der Waals surface area contributed by atoms with E-state index in [1.165, 1.54) is 29.2 Å². The van der Waals surface area contributed by atoms with Crippen LogP contribution in [-0.2, 0) is 32.6 Å². The van der Waals surface area contributed by atoms with Gasteiger partial charge in [-0.1, -0.05) is 67.1 Å². The average molecular weight is 660 g/mol. The van der Waals surface area contributed by atoms with Crippen molar-refractivity contribution in [2.45, 2.75) is 64.1 Å². The summed E-state index contributed by atoms with van der Waals surface area (Å²) < 4.78 is 48.8. The maximum Gasteiger partial charge on any atom is 0.264 e. The number of amides is 2. The van der Waals surface area contributed by atoms with Gasteiger partial charge in [0.05, 0.1) is 17.2 Å². The molecule has 0 saturated carbocycles. The first kappa shape index (κ1) is 35.2. The second-order valence-electron chi connectivity index (χ2n) is 11.4. The van der Waals surface area contributed by atoms with Gasteiger partial charge in [-0.2, -0.15) is 0 Å². The van der Waals surface area contributed by atoms with Gasteiger partial charge in [0.2, 0.25) is 11.8 Å². The summed E-state index contributed by atoms with van der Waals surface area (Å²) >= 11 is 0. The number of aryl methyl sites for hydroxylation is 1. The first-order chi connectivity index (χ1) is 22.5. The smallest absolute Gasteiger partial charge is 0.264 e. The average Bonchev–Trinajstić information content (AvgIpc) is 3.06. The molecule has 0 fully saturated rings. The zero-order valence-electron chi connectivity index (χ0n) is 27.2. The van der Waals surface area contributed by atoms with Crippen molar-refractivity contribution in [3.63, 3.8) is 0 Å². The fraction of sp³-hybridized carbons (Fsp3) is 0.297. The summed E-state index contributed by atoms with van der Waals surface area (Å²) in [5, 5.41) is 3.03. The summed E-state index contributed by atoms with van der Waals surface area (Å²) in [5.41, 5.74) is 2.71.